The molecule has 0 radical (unpaired) electrons. The number of nitrogens with one attached hydrogen (secondary N) is 1. The van der Waals surface area contributed by atoms with Crippen LogP contribution in [0, 0.1) is 13.8 Å². The van der Waals surface area contributed by atoms with E-state index in [-0.39, 0.29) is 17.9 Å². The van der Waals surface area contributed by atoms with Crippen LogP contribution in [0.15, 0.2) is 30.3 Å². The molecule has 1 fully saturated rings. The minimum atomic E-state index is -0.219. The number of hydrogen-bond acceptors (Lipinski definition) is 6. The highest BCUT2D eigenvalue weighted by atomic mass is 32.1. The molecule has 8 heteroatoms. The first-order valence-electron chi connectivity index (χ1n) is 9.58. The molecule has 29 heavy (non-hydrogen) atoms. The SMILES string of the molecule is Cc1nnc2sc(C(=O)NC3CN(C(=O)CCc4ccccc4)C3)c(N)c2c1C. The first kappa shape index (κ1) is 19.3. The summed E-state index contributed by atoms with van der Waals surface area (Å²) in [7, 11) is 0. The molecule has 3 N–H and O–H groups in total. The monoisotopic (exact) mass is 409 g/mol. The summed E-state index contributed by atoms with van der Waals surface area (Å²) in [6.45, 7) is 4.86. The largest absolute Gasteiger partial charge is 0.397 e. The Morgan fingerprint density at radius 1 is 1.21 bits per heavy atom. The summed E-state index contributed by atoms with van der Waals surface area (Å²) in [5.41, 5.74) is 9.59. The van der Waals surface area contributed by atoms with E-state index >= 15 is 0 Å². The normalized spacial score (nSPS) is 14.1. The van der Waals surface area contributed by atoms with E-state index in [0.29, 0.717) is 34.9 Å². The van der Waals surface area contributed by atoms with Crippen LogP contribution in [0.4, 0.5) is 5.69 Å². The van der Waals surface area contributed by atoms with Crippen LogP contribution in [-0.2, 0) is 11.2 Å². The van der Waals surface area contributed by atoms with Gasteiger partial charge in [0, 0.05) is 24.9 Å². The van der Waals surface area contributed by atoms with Crippen LogP contribution in [0.25, 0.3) is 10.2 Å². The second kappa shape index (κ2) is 7.79. The molecule has 2 amide bonds. The van der Waals surface area contributed by atoms with Gasteiger partial charge >= 0.3 is 0 Å². The number of benzene rings is 1. The van der Waals surface area contributed by atoms with Crippen molar-refractivity contribution in [2.75, 3.05) is 18.8 Å². The van der Waals surface area contributed by atoms with Crippen LogP contribution in [0.5, 0.6) is 0 Å². The van der Waals surface area contributed by atoms with Gasteiger partial charge in [0.05, 0.1) is 17.4 Å². The Morgan fingerprint density at radius 3 is 2.66 bits per heavy atom. The number of aromatic nitrogens is 2. The average Bonchev–Trinajstić information content (AvgIpc) is 3.03. The maximum absolute atomic E-state index is 12.7. The molecule has 0 aliphatic carbocycles. The number of anilines is 1. The van der Waals surface area contributed by atoms with E-state index in [9.17, 15) is 9.59 Å². The quantitative estimate of drug-likeness (QED) is 0.674. The molecule has 0 saturated carbocycles. The minimum absolute atomic E-state index is 0.0540. The molecule has 3 aromatic rings. The number of aryl methyl sites for hydroxylation is 3. The second-order valence-corrected chi connectivity index (χ2v) is 8.39. The fourth-order valence-electron chi connectivity index (χ4n) is 3.49. The predicted molar refractivity (Wildman–Crippen MR) is 114 cm³/mol. The number of nitrogens with two attached hydrogens (primary N) is 1. The highest BCUT2D eigenvalue weighted by molar-refractivity contribution is 7.21. The summed E-state index contributed by atoms with van der Waals surface area (Å²) in [4.78, 5) is 27.9. The number of nitrogen functional groups attached to an aromatic ring is 1. The van der Waals surface area contributed by atoms with E-state index in [1.807, 2.05) is 44.2 Å². The molecule has 1 aliphatic rings. The van der Waals surface area contributed by atoms with Gasteiger partial charge in [0.2, 0.25) is 5.91 Å². The molecular formula is C21H23N5O2S. The van der Waals surface area contributed by atoms with Gasteiger partial charge in [0.15, 0.2) is 0 Å². The summed E-state index contributed by atoms with van der Waals surface area (Å²) >= 11 is 1.25. The number of amides is 2. The van der Waals surface area contributed by atoms with Crippen molar-refractivity contribution in [3.63, 3.8) is 0 Å². The third kappa shape index (κ3) is 3.80. The van der Waals surface area contributed by atoms with Crippen LogP contribution in [-0.4, -0.2) is 46.0 Å². The molecule has 0 atom stereocenters. The fraction of sp³-hybridized carbons (Fsp3) is 0.333. The van der Waals surface area contributed by atoms with Crippen molar-refractivity contribution in [3.8, 4) is 0 Å². The zero-order valence-corrected chi connectivity index (χ0v) is 17.3. The van der Waals surface area contributed by atoms with Gasteiger partial charge in [-0.3, -0.25) is 9.59 Å². The number of carbonyl (C=O) groups is 2. The van der Waals surface area contributed by atoms with E-state index in [0.717, 1.165) is 28.6 Å². The Hall–Kier alpha value is -3.00. The number of nitrogens with zero attached hydrogens (tertiary/aromatic N) is 3. The highest BCUT2D eigenvalue weighted by Crippen LogP contribution is 2.34. The van der Waals surface area contributed by atoms with Crippen molar-refractivity contribution in [3.05, 3.63) is 52.0 Å². The Bertz CT molecular complexity index is 1070. The lowest BCUT2D eigenvalue weighted by Crippen LogP contribution is -2.61. The zero-order chi connectivity index (χ0) is 20.5. The van der Waals surface area contributed by atoms with E-state index < -0.39 is 0 Å². The van der Waals surface area contributed by atoms with Gasteiger partial charge in [-0.15, -0.1) is 16.4 Å². The smallest absolute Gasteiger partial charge is 0.263 e. The number of rotatable bonds is 5. The van der Waals surface area contributed by atoms with Crippen LogP contribution in [0.3, 0.4) is 0 Å². The molecule has 150 valence electrons. The maximum Gasteiger partial charge on any atom is 0.263 e. The lowest BCUT2D eigenvalue weighted by molar-refractivity contribution is -0.135. The van der Waals surface area contributed by atoms with Crippen LogP contribution >= 0.6 is 11.3 Å². The zero-order valence-electron chi connectivity index (χ0n) is 16.4. The summed E-state index contributed by atoms with van der Waals surface area (Å²) in [6, 6.07) is 9.91. The van der Waals surface area contributed by atoms with Crippen molar-refractivity contribution in [2.45, 2.75) is 32.7 Å². The van der Waals surface area contributed by atoms with Crippen molar-refractivity contribution < 1.29 is 9.59 Å². The number of hydrogen-bond donors (Lipinski definition) is 2. The van der Waals surface area contributed by atoms with Gasteiger partial charge in [-0.05, 0) is 31.4 Å². The lowest BCUT2D eigenvalue weighted by atomic mass is 10.1. The van der Waals surface area contributed by atoms with Gasteiger partial charge in [0.1, 0.15) is 9.71 Å². The number of fused-ring (bicyclic) bond motifs is 1. The molecule has 3 heterocycles. The second-order valence-electron chi connectivity index (χ2n) is 7.39. The summed E-state index contributed by atoms with van der Waals surface area (Å²) < 4.78 is 0. The highest BCUT2D eigenvalue weighted by Gasteiger charge is 2.32. The van der Waals surface area contributed by atoms with E-state index in [4.69, 9.17) is 5.73 Å². The summed E-state index contributed by atoms with van der Waals surface area (Å²) in [5.74, 6) is -0.106. The van der Waals surface area contributed by atoms with Gasteiger partial charge < -0.3 is 16.0 Å². The Balaban J connectivity index is 1.33. The Kier molecular flexibility index (Phi) is 5.19. The third-order valence-electron chi connectivity index (χ3n) is 5.38. The number of likely N-dealkylation sites (tertiary alicyclic amines) is 1. The number of carbonyl (C=O) groups excluding carboxylic acids is 2. The molecule has 1 aliphatic heterocycles. The fourth-order valence-corrected chi connectivity index (χ4v) is 4.49. The van der Waals surface area contributed by atoms with Crippen LogP contribution < -0.4 is 11.1 Å². The van der Waals surface area contributed by atoms with E-state index in [1.54, 1.807) is 4.90 Å². The summed E-state index contributed by atoms with van der Waals surface area (Å²) in [6.07, 6.45) is 1.20. The maximum atomic E-state index is 12.7. The van der Waals surface area contributed by atoms with Gasteiger partial charge in [-0.25, -0.2) is 0 Å². The average molecular weight is 410 g/mol. The lowest BCUT2D eigenvalue weighted by Gasteiger charge is -2.39. The predicted octanol–water partition coefficient (Wildman–Crippen LogP) is 2.46. The molecule has 1 aromatic carbocycles. The molecule has 0 unspecified atom stereocenters. The van der Waals surface area contributed by atoms with E-state index in [2.05, 4.69) is 15.5 Å². The standard InChI is InChI=1S/C21H23N5O2S/c1-12-13(2)24-25-21-17(12)18(22)19(29-21)20(28)23-15-10-26(11-15)16(27)9-8-14-6-4-3-5-7-14/h3-7,15H,8-11,22H2,1-2H3,(H,23,28). The minimum Gasteiger partial charge on any atom is -0.397 e. The molecular weight excluding hydrogens is 386 g/mol. The first-order chi connectivity index (χ1) is 13.9. The Morgan fingerprint density at radius 2 is 1.93 bits per heavy atom. The molecule has 2 aromatic heterocycles. The van der Waals surface area contributed by atoms with Crippen molar-refractivity contribution in [1.82, 2.24) is 20.4 Å². The third-order valence-corrected chi connectivity index (χ3v) is 6.47. The van der Waals surface area contributed by atoms with Crippen molar-refractivity contribution >= 4 is 39.1 Å². The molecule has 0 spiro atoms. The van der Waals surface area contributed by atoms with Crippen LogP contribution in [0.1, 0.15) is 32.9 Å². The van der Waals surface area contributed by atoms with Crippen LogP contribution in [0.2, 0.25) is 0 Å². The van der Waals surface area contributed by atoms with Gasteiger partial charge in [-0.2, -0.15) is 5.10 Å². The molecule has 7 nitrogen and oxygen atoms in total. The van der Waals surface area contributed by atoms with E-state index in [1.165, 1.54) is 11.3 Å². The molecule has 0 bridgehead atoms. The number of thiophene rings is 1. The van der Waals surface area contributed by atoms with Crippen molar-refractivity contribution in [2.24, 2.45) is 0 Å². The Labute approximate surface area is 172 Å². The van der Waals surface area contributed by atoms with Gasteiger partial charge in [0.25, 0.3) is 5.91 Å². The molecule has 1 saturated heterocycles. The van der Waals surface area contributed by atoms with Crippen molar-refractivity contribution in [1.29, 1.82) is 0 Å². The molecule has 4 rings (SSSR count). The first-order valence-corrected chi connectivity index (χ1v) is 10.4. The topological polar surface area (TPSA) is 101 Å². The van der Waals surface area contributed by atoms with Gasteiger partial charge in [-0.1, -0.05) is 30.3 Å². The summed E-state index contributed by atoms with van der Waals surface area (Å²) in [5, 5.41) is 12.0.